The van der Waals surface area contributed by atoms with Crippen LogP contribution in [0, 0.1) is 11.3 Å². The number of rotatable bonds is 5. The maximum atomic E-state index is 12.4. The second-order valence-corrected chi connectivity index (χ2v) is 4.53. The summed E-state index contributed by atoms with van der Waals surface area (Å²) in [6.07, 6.45) is 2.18. The third-order valence-electron chi connectivity index (χ3n) is 3.26. The molecule has 0 fully saturated rings. The van der Waals surface area contributed by atoms with Gasteiger partial charge in [0.2, 0.25) is 0 Å². The van der Waals surface area contributed by atoms with Crippen molar-refractivity contribution in [3.05, 3.63) is 47.5 Å². The number of aryl methyl sites for hydroxylation is 1. The number of hydrogen-bond donors (Lipinski definition) is 1. The van der Waals surface area contributed by atoms with E-state index in [1.807, 2.05) is 19.9 Å². The molecule has 2 rings (SSSR count). The fourth-order valence-electron chi connectivity index (χ4n) is 2.15. The lowest BCUT2D eigenvalue weighted by molar-refractivity contribution is 0.0932. The lowest BCUT2D eigenvalue weighted by atomic mass is 10.1. The van der Waals surface area contributed by atoms with Crippen molar-refractivity contribution >= 4 is 5.91 Å². The molecule has 6 heteroatoms. The van der Waals surface area contributed by atoms with Crippen LogP contribution in [-0.4, -0.2) is 20.7 Å². The van der Waals surface area contributed by atoms with Gasteiger partial charge in [0.15, 0.2) is 0 Å². The van der Waals surface area contributed by atoms with Gasteiger partial charge >= 0.3 is 0 Å². The van der Waals surface area contributed by atoms with Gasteiger partial charge in [-0.05, 0) is 25.5 Å². The molecule has 1 heterocycles. The molecule has 0 radical (unpaired) electrons. The SMILES string of the molecule is CCC(NC(=O)c1ccccc1C#N)c1ncnn1CC. The highest BCUT2D eigenvalue weighted by molar-refractivity contribution is 5.96. The number of nitrogens with one attached hydrogen (secondary N) is 1. The summed E-state index contributed by atoms with van der Waals surface area (Å²) in [4.78, 5) is 16.6. The first kappa shape index (κ1) is 14.7. The van der Waals surface area contributed by atoms with Gasteiger partial charge < -0.3 is 5.32 Å². The Morgan fingerprint density at radius 3 is 2.86 bits per heavy atom. The Balaban J connectivity index is 2.23. The van der Waals surface area contributed by atoms with E-state index in [1.165, 1.54) is 6.33 Å². The van der Waals surface area contributed by atoms with Gasteiger partial charge in [0.05, 0.1) is 23.2 Å². The third kappa shape index (κ3) is 3.08. The predicted molar refractivity (Wildman–Crippen MR) is 77.4 cm³/mol. The molecule has 2 aromatic rings. The summed E-state index contributed by atoms with van der Waals surface area (Å²) in [5.74, 6) is 0.451. The zero-order valence-corrected chi connectivity index (χ0v) is 12.1. The van der Waals surface area contributed by atoms with E-state index in [0.29, 0.717) is 24.1 Å². The molecule has 1 atom stereocenters. The molecule has 6 nitrogen and oxygen atoms in total. The topological polar surface area (TPSA) is 83.6 Å². The van der Waals surface area contributed by atoms with E-state index in [-0.39, 0.29) is 11.9 Å². The first-order valence-corrected chi connectivity index (χ1v) is 6.88. The summed E-state index contributed by atoms with van der Waals surface area (Å²) < 4.78 is 1.75. The Morgan fingerprint density at radius 1 is 1.43 bits per heavy atom. The summed E-state index contributed by atoms with van der Waals surface area (Å²) in [7, 11) is 0. The van der Waals surface area contributed by atoms with E-state index in [0.717, 1.165) is 5.82 Å². The van der Waals surface area contributed by atoms with Crippen molar-refractivity contribution in [1.82, 2.24) is 20.1 Å². The van der Waals surface area contributed by atoms with Crippen LogP contribution in [0.5, 0.6) is 0 Å². The number of nitriles is 1. The van der Waals surface area contributed by atoms with Crippen LogP contribution in [0.25, 0.3) is 0 Å². The van der Waals surface area contributed by atoms with Crippen LogP contribution in [0.3, 0.4) is 0 Å². The van der Waals surface area contributed by atoms with Crippen LogP contribution in [-0.2, 0) is 6.54 Å². The minimum atomic E-state index is -0.273. The lowest BCUT2D eigenvalue weighted by Crippen LogP contribution is -2.30. The smallest absolute Gasteiger partial charge is 0.253 e. The summed E-state index contributed by atoms with van der Waals surface area (Å²) in [5.41, 5.74) is 0.739. The van der Waals surface area contributed by atoms with Crippen molar-refractivity contribution in [3.63, 3.8) is 0 Å². The quantitative estimate of drug-likeness (QED) is 0.910. The molecule has 0 saturated heterocycles. The highest BCUT2D eigenvalue weighted by Crippen LogP contribution is 2.16. The molecule has 1 N–H and O–H groups in total. The van der Waals surface area contributed by atoms with E-state index < -0.39 is 0 Å². The Labute approximate surface area is 123 Å². The van der Waals surface area contributed by atoms with E-state index >= 15 is 0 Å². The summed E-state index contributed by atoms with van der Waals surface area (Å²) in [6, 6.07) is 8.55. The molecule has 1 aromatic carbocycles. The number of hydrogen-bond acceptors (Lipinski definition) is 4. The molecular weight excluding hydrogens is 266 g/mol. The van der Waals surface area contributed by atoms with Crippen molar-refractivity contribution < 1.29 is 4.79 Å². The average Bonchev–Trinajstić information content (AvgIpc) is 3.00. The largest absolute Gasteiger partial charge is 0.342 e. The van der Waals surface area contributed by atoms with Crippen molar-refractivity contribution in [2.24, 2.45) is 0 Å². The molecule has 0 bridgehead atoms. The van der Waals surface area contributed by atoms with Gasteiger partial charge in [0, 0.05) is 6.54 Å². The molecule has 1 unspecified atom stereocenters. The van der Waals surface area contributed by atoms with Crippen LogP contribution in [0.1, 0.15) is 48.1 Å². The number of carbonyl (C=O) groups is 1. The Hall–Kier alpha value is -2.68. The van der Waals surface area contributed by atoms with Gasteiger partial charge in [0.25, 0.3) is 5.91 Å². The molecule has 1 aromatic heterocycles. The van der Waals surface area contributed by atoms with E-state index in [4.69, 9.17) is 5.26 Å². The minimum Gasteiger partial charge on any atom is -0.342 e. The van der Waals surface area contributed by atoms with E-state index in [9.17, 15) is 4.79 Å². The number of nitrogens with zero attached hydrogens (tertiary/aromatic N) is 4. The highest BCUT2D eigenvalue weighted by atomic mass is 16.1. The zero-order chi connectivity index (χ0) is 15.2. The minimum absolute atomic E-state index is 0.230. The molecule has 0 aliphatic heterocycles. The molecule has 21 heavy (non-hydrogen) atoms. The summed E-state index contributed by atoms with van der Waals surface area (Å²) >= 11 is 0. The van der Waals surface area contributed by atoms with Crippen LogP contribution in [0.2, 0.25) is 0 Å². The number of amides is 1. The van der Waals surface area contributed by atoms with Gasteiger partial charge in [-0.15, -0.1) is 0 Å². The molecule has 0 spiro atoms. The molecule has 0 saturated carbocycles. The highest BCUT2D eigenvalue weighted by Gasteiger charge is 2.20. The van der Waals surface area contributed by atoms with Crippen molar-refractivity contribution in [2.75, 3.05) is 0 Å². The number of benzene rings is 1. The van der Waals surface area contributed by atoms with Crippen molar-refractivity contribution in [3.8, 4) is 6.07 Å². The van der Waals surface area contributed by atoms with Gasteiger partial charge in [-0.2, -0.15) is 10.4 Å². The maximum absolute atomic E-state index is 12.4. The van der Waals surface area contributed by atoms with Gasteiger partial charge in [-0.1, -0.05) is 19.1 Å². The fraction of sp³-hybridized carbons (Fsp3) is 0.333. The Kier molecular flexibility index (Phi) is 4.67. The maximum Gasteiger partial charge on any atom is 0.253 e. The second kappa shape index (κ2) is 6.66. The number of aromatic nitrogens is 3. The first-order chi connectivity index (χ1) is 10.2. The molecule has 0 aliphatic carbocycles. The predicted octanol–water partition coefficient (Wildman–Crippen LogP) is 2.05. The molecule has 1 amide bonds. The standard InChI is InChI=1S/C15H17N5O/c1-3-13(14-17-10-18-20(14)4-2)19-15(21)12-8-6-5-7-11(12)9-16/h5-8,10,13H,3-4H2,1-2H3,(H,19,21). The normalized spacial score (nSPS) is 11.7. The first-order valence-electron chi connectivity index (χ1n) is 6.88. The van der Waals surface area contributed by atoms with Crippen LogP contribution >= 0.6 is 0 Å². The number of carbonyl (C=O) groups excluding carboxylic acids is 1. The summed E-state index contributed by atoms with van der Waals surface area (Å²) in [5, 5.41) is 16.1. The average molecular weight is 283 g/mol. The monoisotopic (exact) mass is 283 g/mol. The van der Waals surface area contributed by atoms with Crippen molar-refractivity contribution in [2.45, 2.75) is 32.9 Å². The Bertz CT molecular complexity index is 671. The second-order valence-electron chi connectivity index (χ2n) is 4.53. The third-order valence-corrected chi connectivity index (χ3v) is 3.26. The van der Waals surface area contributed by atoms with E-state index in [1.54, 1.807) is 28.9 Å². The summed E-state index contributed by atoms with van der Waals surface area (Å²) in [6.45, 7) is 4.63. The molecule has 108 valence electrons. The fourth-order valence-corrected chi connectivity index (χ4v) is 2.15. The van der Waals surface area contributed by atoms with Gasteiger partial charge in [-0.25, -0.2) is 9.67 Å². The Morgan fingerprint density at radius 2 is 2.19 bits per heavy atom. The van der Waals surface area contributed by atoms with Crippen LogP contribution in [0.15, 0.2) is 30.6 Å². The van der Waals surface area contributed by atoms with Gasteiger partial charge in [0.1, 0.15) is 12.2 Å². The van der Waals surface area contributed by atoms with E-state index in [2.05, 4.69) is 15.4 Å². The van der Waals surface area contributed by atoms with Crippen LogP contribution < -0.4 is 5.32 Å². The van der Waals surface area contributed by atoms with Crippen LogP contribution in [0.4, 0.5) is 0 Å². The van der Waals surface area contributed by atoms with Crippen molar-refractivity contribution in [1.29, 1.82) is 5.26 Å². The molecule has 0 aliphatic rings. The lowest BCUT2D eigenvalue weighted by Gasteiger charge is -2.17. The van der Waals surface area contributed by atoms with Gasteiger partial charge in [-0.3, -0.25) is 4.79 Å². The molecular formula is C15H17N5O. The zero-order valence-electron chi connectivity index (χ0n) is 12.1.